The van der Waals surface area contributed by atoms with E-state index in [1.54, 1.807) is 0 Å². The maximum atomic E-state index is 5.54. The third-order valence-electron chi connectivity index (χ3n) is 2.22. The molecule has 0 aromatic carbocycles. The van der Waals surface area contributed by atoms with Gasteiger partial charge in [0.25, 0.3) is 0 Å². The first-order valence-electron chi connectivity index (χ1n) is 6.20. The van der Waals surface area contributed by atoms with Gasteiger partial charge in [0.05, 0.1) is 0 Å². The van der Waals surface area contributed by atoms with E-state index >= 15 is 0 Å². The zero-order chi connectivity index (χ0) is 11.2. The van der Waals surface area contributed by atoms with Crippen molar-refractivity contribution in [2.24, 2.45) is 0 Å². The average Bonchev–Trinajstić information content (AvgIpc) is 2.26. The summed E-state index contributed by atoms with van der Waals surface area (Å²) in [7, 11) is 0. The van der Waals surface area contributed by atoms with Gasteiger partial charge in [-0.2, -0.15) is 0 Å². The zero-order valence-corrected chi connectivity index (χ0v) is 13.6. The van der Waals surface area contributed by atoms with Crippen LogP contribution in [0, 0.1) is 0 Å². The molecule has 0 aromatic rings. The fraction of sp³-hybridized carbons (Fsp3) is 0.833. The van der Waals surface area contributed by atoms with Gasteiger partial charge < -0.3 is 23.6 Å². The highest BCUT2D eigenvalue weighted by atomic mass is 127. The Hall–Kier alpha value is 1.20. The number of hydrogen-bond donors (Lipinski definition) is 0. The first-order valence-corrected chi connectivity index (χ1v) is 12.3. The lowest BCUT2D eigenvalue weighted by Gasteiger charge is -2.01. The molecule has 0 unspecified atom stereocenters. The van der Waals surface area contributed by atoms with Crippen LogP contribution in [0.25, 0.3) is 0 Å². The van der Waals surface area contributed by atoms with E-state index in [2.05, 4.69) is 37.9 Å². The minimum absolute atomic E-state index is 0.252. The van der Waals surface area contributed by atoms with Gasteiger partial charge in [0.2, 0.25) is 0 Å². The van der Waals surface area contributed by atoms with Crippen LogP contribution in [0.15, 0.2) is 12.2 Å². The molecule has 0 saturated carbocycles. The van der Waals surface area contributed by atoms with Crippen LogP contribution in [0.2, 0.25) is 4.55 Å². The monoisotopic (exact) mass is 334 g/mol. The molecule has 0 N–H and O–H groups in total. The summed E-state index contributed by atoms with van der Waals surface area (Å²) >= 11 is 2.81. The first-order chi connectivity index (χ1) is 7.41. The van der Waals surface area contributed by atoms with Gasteiger partial charge in [0.1, 0.15) is 0 Å². The van der Waals surface area contributed by atoms with E-state index in [1.165, 1.54) is 43.1 Å². The van der Waals surface area contributed by atoms with Crippen LogP contribution >= 0.6 is 18.9 Å². The van der Waals surface area contributed by atoms with Crippen LogP contribution in [0.4, 0.5) is 0 Å². The summed E-state index contributed by atoms with van der Waals surface area (Å²) in [6.45, 7) is 4.12. The second kappa shape index (κ2) is 15.2. The molecule has 0 rings (SSSR count). The van der Waals surface area contributed by atoms with Gasteiger partial charge in [-0.25, -0.2) is 0 Å². The molecular weight excluding hydrogens is 311 g/mol. The van der Waals surface area contributed by atoms with Crippen molar-refractivity contribution in [3.8, 4) is 0 Å². The van der Waals surface area contributed by atoms with Crippen LogP contribution in [0.1, 0.15) is 45.4 Å². The van der Waals surface area contributed by atoms with E-state index in [1.807, 2.05) is 0 Å². The molecule has 0 fully saturated rings. The molecule has 86 valence electrons. The molecule has 0 atom stereocenters. The maximum Gasteiger partial charge on any atom is 0.464 e. The molecule has 0 spiro atoms. The molecule has 0 saturated heterocycles. The molecule has 15 heavy (non-hydrogen) atoms. The molecule has 0 aliphatic carbocycles. The van der Waals surface area contributed by atoms with E-state index in [0.29, 0.717) is 0 Å². The molecular formula is C12H23IMgO. The van der Waals surface area contributed by atoms with E-state index in [4.69, 9.17) is 4.74 Å². The predicted molar refractivity (Wildman–Crippen MR) is 77.9 cm³/mol. The molecule has 0 radical (unpaired) electrons. The molecule has 0 heterocycles. The molecule has 3 heteroatoms. The Morgan fingerprint density at radius 2 is 1.80 bits per heavy atom. The van der Waals surface area contributed by atoms with E-state index in [-0.39, 0.29) is 16.5 Å². The first kappa shape index (κ1) is 16.2. The van der Waals surface area contributed by atoms with Gasteiger partial charge in [-0.3, -0.25) is 0 Å². The molecule has 0 bridgehead atoms. The summed E-state index contributed by atoms with van der Waals surface area (Å²) in [6.07, 6.45) is 12.1. The largest absolute Gasteiger partial charge is 0.464 e. The Bertz CT molecular complexity index is 140. The number of allylic oxidation sites excluding steroid dienone is 2. The normalized spacial score (nSPS) is 10.8. The molecule has 0 amide bonds. The van der Waals surface area contributed by atoms with Gasteiger partial charge >= 0.3 is 16.5 Å². The highest BCUT2D eigenvalue weighted by Gasteiger charge is 1.88. The number of rotatable bonds is 11. The highest BCUT2D eigenvalue weighted by molar-refractivity contribution is 14.1. The lowest BCUT2D eigenvalue weighted by molar-refractivity contribution is 0.128. The van der Waals surface area contributed by atoms with E-state index in [9.17, 15) is 0 Å². The number of halogens is 1. The van der Waals surface area contributed by atoms with Gasteiger partial charge in [0, 0.05) is 13.2 Å². The smallest absolute Gasteiger partial charge is 0.381 e. The van der Waals surface area contributed by atoms with E-state index < -0.39 is 0 Å². The molecule has 1 nitrogen and oxygen atoms in total. The van der Waals surface area contributed by atoms with Gasteiger partial charge in [-0.1, -0.05) is 38.3 Å². The predicted octanol–water partition coefficient (Wildman–Crippen LogP) is 4.39. The fourth-order valence-corrected chi connectivity index (χ4v) is 3.00. The van der Waals surface area contributed by atoms with Crippen LogP contribution in [-0.2, 0) is 4.74 Å². The molecule has 0 aliphatic rings. The second-order valence-corrected chi connectivity index (χ2v) is 8.09. The maximum absolute atomic E-state index is 5.54. The Balaban J connectivity index is 2.95. The summed E-state index contributed by atoms with van der Waals surface area (Å²) in [6, 6.07) is 0. The number of ether oxygens (including phenoxy) is 1. The minimum Gasteiger partial charge on any atom is -0.381 e. The Kier molecular flexibility index (Phi) is 16.4. The van der Waals surface area contributed by atoms with Gasteiger partial charge in [0.15, 0.2) is 0 Å². The van der Waals surface area contributed by atoms with Crippen molar-refractivity contribution in [2.75, 3.05) is 13.2 Å². The summed E-state index contributed by atoms with van der Waals surface area (Å²) in [4.78, 5) is 0. The van der Waals surface area contributed by atoms with Crippen LogP contribution in [0.5, 0.6) is 0 Å². The standard InChI is InChI=1S/C12H23O.HI.Mg/c1-3-5-7-8-10-12-13-11-9-6-4-2;;/h5,7H,1,3-4,6,8-12H2,2H3;1H;/q;;+1/p-1/b7-5-;;. The molecule has 0 aliphatic heterocycles. The second-order valence-electron chi connectivity index (χ2n) is 3.76. The topological polar surface area (TPSA) is 9.23 Å². The lowest BCUT2D eigenvalue weighted by atomic mass is 10.2. The minimum atomic E-state index is 0.252. The number of unbranched alkanes of at least 4 members (excludes halogenated alkanes) is 3. The van der Waals surface area contributed by atoms with Crippen molar-refractivity contribution >= 4 is 35.3 Å². The SMILES string of the molecule is CCCCCOCCC/C=C\C[CH2][Mg][I]. The van der Waals surface area contributed by atoms with Gasteiger partial charge in [-0.15, -0.1) is 4.55 Å². The highest BCUT2D eigenvalue weighted by Crippen LogP contribution is 1.99. The van der Waals surface area contributed by atoms with Crippen molar-refractivity contribution < 1.29 is 4.74 Å². The molecule has 0 aromatic heterocycles. The van der Waals surface area contributed by atoms with Gasteiger partial charge in [-0.05, 0) is 19.3 Å². The van der Waals surface area contributed by atoms with E-state index in [0.717, 1.165) is 13.2 Å². The Morgan fingerprint density at radius 3 is 2.53 bits per heavy atom. The Labute approximate surface area is 115 Å². The third-order valence-corrected chi connectivity index (χ3v) is 5.19. The van der Waals surface area contributed by atoms with Crippen molar-refractivity contribution in [1.82, 2.24) is 0 Å². The lowest BCUT2D eigenvalue weighted by Crippen LogP contribution is -1.96. The van der Waals surface area contributed by atoms with Crippen molar-refractivity contribution in [1.29, 1.82) is 0 Å². The third kappa shape index (κ3) is 15.2. The summed E-state index contributed by atoms with van der Waals surface area (Å²) in [5.41, 5.74) is 0. The average molecular weight is 335 g/mol. The Morgan fingerprint density at radius 1 is 1.07 bits per heavy atom. The summed E-state index contributed by atoms with van der Waals surface area (Å²) < 4.78 is 6.98. The van der Waals surface area contributed by atoms with Crippen molar-refractivity contribution in [3.05, 3.63) is 12.2 Å². The van der Waals surface area contributed by atoms with Crippen molar-refractivity contribution in [2.45, 2.75) is 50.0 Å². The number of hydrogen-bond acceptors (Lipinski definition) is 1. The summed E-state index contributed by atoms with van der Waals surface area (Å²) in [5, 5.41) is 0. The summed E-state index contributed by atoms with van der Waals surface area (Å²) in [5.74, 6) is 0. The fourth-order valence-electron chi connectivity index (χ4n) is 1.29. The van der Waals surface area contributed by atoms with Crippen LogP contribution in [-0.4, -0.2) is 29.7 Å². The van der Waals surface area contributed by atoms with Crippen molar-refractivity contribution in [3.63, 3.8) is 0 Å². The zero-order valence-electron chi connectivity index (χ0n) is 10.0. The van der Waals surface area contributed by atoms with Crippen LogP contribution < -0.4 is 0 Å². The quantitative estimate of drug-likeness (QED) is 0.236. The van der Waals surface area contributed by atoms with Crippen LogP contribution in [0.3, 0.4) is 0 Å².